The van der Waals surface area contributed by atoms with Crippen LogP contribution in [0.15, 0.2) is 0 Å². The van der Waals surface area contributed by atoms with Crippen LogP contribution in [0.4, 0.5) is 0 Å². The van der Waals surface area contributed by atoms with Crippen molar-refractivity contribution in [3.8, 4) is 0 Å². The van der Waals surface area contributed by atoms with Crippen LogP contribution in [0.3, 0.4) is 0 Å². The Morgan fingerprint density at radius 2 is 2.00 bits per heavy atom. The summed E-state index contributed by atoms with van der Waals surface area (Å²) >= 11 is 0. The first kappa shape index (κ1) is 9.39. The monoisotopic (exact) mass is 148 g/mol. The van der Waals surface area contributed by atoms with Crippen LogP contribution in [0.25, 0.3) is 0 Å². The molecule has 0 aromatic carbocycles. The summed E-state index contributed by atoms with van der Waals surface area (Å²) in [5.41, 5.74) is 0. The van der Waals surface area contributed by atoms with Gasteiger partial charge in [0.15, 0.2) is 6.10 Å². The molecule has 0 saturated carbocycles. The molecular formula is C6H12O4. The highest BCUT2D eigenvalue weighted by atomic mass is 16.6. The molecule has 1 atom stereocenters. The minimum atomic E-state index is -0.602. The van der Waals surface area contributed by atoms with Crippen molar-refractivity contribution in [2.24, 2.45) is 0 Å². The third kappa shape index (κ3) is 2.80. The number of esters is 1. The smallest absolute Gasteiger partial charge is 0.337 e. The fourth-order valence-electron chi connectivity index (χ4n) is 0.515. The molecule has 0 aliphatic heterocycles. The summed E-state index contributed by atoms with van der Waals surface area (Å²) in [6.45, 7) is 0.225. The van der Waals surface area contributed by atoms with Crippen molar-refractivity contribution < 1.29 is 19.0 Å². The van der Waals surface area contributed by atoms with Crippen LogP contribution in [0.5, 0.6) is 0 Å². The van der Waals surface area contributed by atoms with E-state index in [-0.39, 0.29) is 6.61 Å². The second-order valence-corrected chi connectivity index (χ2v) is 1.70. The van der Waals surface area contributed by atoms with E-state index in [2.05, 4.69) is 4.74 Å². The summed E-state index contributed by atoms with van der Waals surface area (Å²) < 4.78 is 13.8. The number of ether oxygens (including phenoxy) is 3. The number of hydrogen-bond donors (Lipinski definition) is 0. The molecule has 0 radical (unpaired) electrons. The molecule has 0 unspecified atom stereocenters. The van der Waals surface area contributed by atoms with E-state index in [0.29, 0.717) is 0 Å². The fraction of sp³-hybridized carbons (Fsp3) is 0.833. The van der Waals surface area contributed by atoms with E-state index >= 15 is 0 Å². The quantitative estimate of drug-likeness (QED) is 0.519. The van der Waals surface area contributed by atoms with Crippen LogP contribution in [0.2, 0.25) is 0 Å². The molecular weight excluding hydrogens is 136 g/mol. The van der Waals surface area contributed by atoms with Gasteiger partial charge in [-0.3, -0.25) is 0 Å². The van der Waals surface area contributed by atoms with Crippen LogP contribution in [-0.4, -0.2) is 40.0 Å². The molecule has 0 aromatic heterocycles. The van der Waals surface area contributed by atoms with Gasteiger partial charge >= 0.3 is 5.97 Å². The molecule has 0 N–H and O–H groups in total. The van der Waals surface area contributed by atoms with Crippen LogP contribution < -0.4 is 0 Å². The highest BCUT2D eigenvalue weighted by Crippen LogP contribution is 1.92. The molecule has 0 spiro atoms. The molecule has 0 saturated heterocycles. The Hall–Kier alpha value is -0.610. The molecule has 0 aliphatic rings. The average Bonchev–Trinajstić information content (AvgIpc) is 1.99. The minimum absolute atomic E-state index is 0.225. The number of carbonyl (C=O) groups excluding carboxylic acids is 1. The van der Waals surface area contributed by atoms with Crippen LogP contribution in [-0.2, 0) is 19.0 Å². The zero-order valence-electron chi connectivity index (χ0n) is 6.42. The molecule has 0 heterocycles. The zero-order chi connectivity index (χ0) is 7.98. The Balaban J connectivity index is 3.68. The Bertz CT molecular complexity index is 102. The molecule has 4 heteroatoms. The minimum Gasteiger partial charge on any atom is -0.467 e. The second-order valence-electron chi connectivity index (χ2n) is 1.70. The van der Waals surface area contributed by atoms with Crippen molar-refractivity contribution in [3.63, 3.8) is 0 Å². The SMILES string of the molecule is COC[C@H](OC)C(=O)OC. The maximum atomic E-state index is 10.7. The van der Waals surface area contributed by atoms with Gasteiger partial charge in [-0.1, -0.05) is 0 Å². The van der Waals surface area contributed by atoms with E-state index in [0.717, 1.165) is 0 Å². The molecule has 0 rings (SSSR count). The van der Waals surface area contributed by atoms with Crippen LogP contribution >= 0.6 is 0 Å². The number of methoxy groups -OCH3 is 3. The second kappa shape index (κ2) is 5.20. The summed E-state index contributed by atoms with van der Waals surface area (Å²) in [7, 11) is 4.24. The largest absolute Gasteiger partial charge is 0.467 e. The Morgan fingerprint density at radius 3 is 2.30 bits per heavy atom. The van der Waals surface area contributed by atoms with E-state index in [1.807, 2.05) is 0 Å². The number of rotatable bonds is 4. The van der Waals surface area contributed by atoms with E-state index in [9.17, 15) is 4.79 Å². The molecule has 0 bridgehead atoms. The van der Waals surface area contributed by atoms with Gasteiger partial charge in [0.25, 0.3) is 0 Å². The van der Waals surface area contributed by atoms with Gasteiger partial charge in [0.1, 0.15) is 0 Å². The van der Waals surface area contributed by atoms with Crippen molar-refractivity contribution in [2.45, 2.75) is 6.10 Å². The van der Waals surface area contributed by atoms with Gasteiger partial charge in [0, 0.05) is 14.2 Å². The standard InChI is InChI=1S/C6H12O4/c1-8-4-5(9-2)6(7)10-3/h5H,4H2,1-3H3/t5-/m0/s1. The first-order chi connectivity index (χ1) is 4.76. The highest BCUT2D eigenvalue weighted by molar-refractivity contribution is 5.74. The molecule has 10 heavy (non-hydrogen) atoms. The van der Waals surface area contributed by atoms with E-state index < -0.39 is 12.1 Å². The molecule has 0 aromatic rings. The van der Waals surface area contributed by atoms with Crippen molar-refractivity contribution in [1.82, 2.24) is 0 Å². The predicted octanol–water partition coefficient (Wildman–Crippen LogP) is -0.179. The molecule has 60 valence electrons. The Morgan fingerprint density at radius 1 is 1.40 bits per heavy atom. The first-order valence-electron chi connectivity index (χ1n) is 2.85. The van der Waals surface area contributed by atoms with Gasteiger partial charge < -0.3 is 14.2 Å². The van der Waals surface area contributed by atoms with Crippen LogP contribution in [0.1, 0.15) is 0 Å². The van der Waals surface area contributed by atoms with Crippen molar-refractivity contribution in [3.05, 3.63) is 0 Å². The van der Waals surface area contributed by atoms with E-state index in [1.54, 1.807) is 0 Å². The van der Waals surface area contributed by atoms with Crippen molar-refractivity contribution >= 4 is 5.97 Å². The van der Waals surface area contributed by atoms with Gasteiger partial charge in [-0.15, -0.1) is 0 Å². The molecule has 4 nitrogen and oxygen atoms in total. The summed E-state index contributed by atoms with van der Waals surface area (Å²) in [6, 6.07) is 0. The van der Waals surface area contributed by atoms with Crippen molar-refractivity contribution in [2.75, 3.05) is 27.9 Å². The van der Waals surface area contributed by atoms with E-state index in [4.69, 9.17) is 9.47 Å². The van der Waals surface area contributed by atoms with E-state index in [1.165, 1.54) is 21.3 Å². The summed E-state index contributed by atoms with van der Waals surface area (Å²) in [5, 5.41) is 0. The zero-order valence-corrected chi connectivity index (χ0v) is 6.42. The van der Waals surface area contributed by atoms with Gasteiger partial charge in [0.2, 0.25) is 0 Å². The van der Waals surface area contributed by atoms with Gasteiger partial charge in [-0.05, 0) is 0 Å². The predicted molar refractivity (Wildman–Crippen MR) is 34.7 cm³/mol. The molecule has 0 aliphatic carbocycles. The normalized spacial score (nSPS) is 12.7. The third-order valence-electron chi connectivity index (χ3n) is 1.07. The Kier molecular flexibility index (Phi) is 4.88. The average molecular weight is 148 g/mol. The first-order valence-corrected chi connectivity index (χ1v) is 2.85. The van der Waals surface area contributed by atoms with Crippen molar-refractivity contribution in [1.29, 1.82) is 0 Å². The van der Waals surface area contributed by atoms with Gasteiger partial charge in [0.05, 0.1) is 13.7 Å². The fourth-order valence-corrected chi connectivity index (χ4v) is 0.515. The van der Waals surface area contributed by atoms with Gasteiger partial charge in [-0.25, -0.2) is 4.79 Å². The summed E-state index contributed by atoms with van der Waals surface area (Å²) in [5.74, 6) is -0.413. The Labute approximate surface area is 60.1 Å². The third-order valence-corrected chi connectivity index (χ3v) is 1.07. The summed E-state index contributed by atoms with van der Waals surface area (Å²) in [6.07, 6.45) is -0.602. The topological polar surface area (TPSA) is 44.8 Å². The number of carbonyl (C=O) groups is 1. The lowest BCUT2D eigenvalue weighted by molar-refractivity contribution is -0.155. The maximum absolute atomic E-state index is 10.7. The maximum Gasteiger partial charge on any atom is 0.337 e. The molecule has 0 amide bonds. The number of hydrogen-bond acceptors (Lipinski definition) is 4. The highest BCUT2D eigenvalue weighted by Gasteiger charge is 2.16. The van der Waals surface area contributed by atoms with Crippen LogP contribution in [0, 0.1) is 0 Å². The molecule has 0 fully saturated rings. The van der Waals surface area contributed by atoms with Gasteiger partial charge in [-0.2, -0.15) is 0 Å². The lowest BCUT2D eigenvalue weighted by Gasteiger charge is -2.10. The lowest BCUT2D eigenvalue weighted by Crippen LogP contribution is -2.28. The lowest BCUT2D eigenvalue weighted by atomic mass is 10.4. The summed E-state index contributed by atoms with van der Waals surface area (Å²) in [4.78, 5) is 10.7.